The van der Waals surface area contributed by atoms with E-state index in [-0.39, 0.29) is 11.5 Å². The summed E-state index contributed by atoms with van der Waals surface area (Å²) in [6.07, 6.45) is -4.72. The number of alkyl halides is 3. The fraction of sp³-hybridized carbons (Fsp3) is 0.538. The van der Waals surface area contributed by atoms with Crippen LogP contribution in [0.1, 0.15) is 26.3 Å². The van der Waals surface area contributed by atoms with Gasteiger partial charge in [-0.1, -0.05) is 26.0 Å². The molecule has 5 heteroatoms. The van der Waals surface area contributed by atoms with Crippen molar-refractivity contribution >= 4 is 0 Å². The van der Waals surface area contributed by atoms with Crippen LogP contribution in [0.2, 0.25) is 0 Å². The molecule has 1 atom stereocenters. The monoisotopic (exact) mass is 262 g/mol. The molecule has 1 unspecified atom stereocenters. The summed E-state index contributed by atoms with van der Waals surface area (Å²) in [6.45, 7) is 5.03. The lowest BCUT2D eigenvalue weighted by Crippen LogP contribution is -2.39. The molecule has 0 radical (unpaired) electrons. The molecule has 0 heterocycles. The smallest absolute Gasteiger partial charge is 0.421 e. The average molecular weight is 262 g/mol. The van der Waals surface area contributed by atoms with Gasteiger partial charge in [-0.2, -0.15) is 13.2 Å². The topological polar surface area (TPSA) is 29.5 Å². The standard InChI is InChI=1S/C13H17F3O2/c1-9(2)8-18-11-6-4-5-10(7-11)12(3,17)13(14,15)16/h4-7,9,17H,8H2,1-3H3. The van der Waals surface area contributed by atoms with Gasteiger partial charge >= 0.3 is 6.18 Å². The van der Waals surface area contributed by atoms with Gasteiger partial charge in [0, 0.05) is 0 Å². The normalized spacial score (nSPS) is 15.6. The fourth-order valence-electron chi connectivity index (χ4n) is 1.32. The van der Waals surface area contributed by atoms with Crippen molar-refractivity contribution in [2.75, 3.05) is 6.61 Å². The Morgan fingerprint density at radius 3 is 2.39 bits per heavy atom. The van der Waals surface area contributed by atoms with Crippen LogP contribution in [-0.4, -0.2) is 17.9 Å². The van der Waals surface area contributed by atoms with Crippen molar-refractivity contribution in [3.8, 4) is 5.75 Å². The van der Waals surface area contributed by atoms with Crippen LogP contribution in [0.15, 0.2) is 24.3 Å². The Morgan fingerprint density at radius 1 is 1.28 bits per heavy atom. The number of aliphatic hydroxyl groups is 1. The number of rotatable bonds is 4. The fourth-order valence-corrected chi connectivity index (χ4v) is 1.32. The van der Waals surface area contributed by atoms with Crippen LogP contribution in [0.4, 0.5) is 13.2 Å². The van der Waals surface area contributed by atoms with Crippen LogP contribution in [-0.2, 0) is 5.60 Å². The van der Waals surface area contributed by atoms with E-state index in [4.69, 9.17) is 4.74 Å². The van der Waals surface area contributed by atoms with E-state index in [1.807, 2.05) is 13.8 Å². The van der Waals surface area contributed by atoms with E-state index < -0.39 is 11.8 Å². The van der Waals surface area contributed by atoms with Gasteiger partial charge in [-0.05, 0) is 30.5 Å². The number of halogens is 3. The Kier molecular flexibility index (Phi) is 4.27. The zero-order chi connectivity index (χ0) is 14.0. The van der Waals surface area contributed by atoms with Crippen molar-refractivity contribution in [1.82, 2.24) is 0 Å². The van der Waals surface area contributed by atoms with Gasteiger partial charge in [-0.3, -0.25) is 0 Å². The summed E-state index contributed by atoms with van der Waals surface area (Å²) in [6, 6.07) is 5.45. The average Bonchev–Trinajstić information content (AvgIpc) is 2.25. The molecule has 102 valence electrons. The number of benzene rings is 1. The SMILES string of the molecule is CC(C)COc1cccc(C(C)(O)C(F)(F)F)c1. The largest absolute Gasteiger partial charge is 0.493 e. The Morgan fingerprint density at radius 2 is 1.89 bits per heavy atom. The Bertz CT molecular complexity index is 397. The zero-order valence-corrected chi connectivity index (χ0v) is 10.6. The summed E-state index contributed by atoms with van der Waals surface area (Å²) >= 11 is 0. The maximum absolute atomic E-state index is 12.7. The van der Waals surface area contributed by atoms with E-state index in [2.05, 4.69) is 0 Å². The summed E-state index contributed by atoms with van der Waals surface area (Å²) in [5, 5.41) is 9.54. The molecule has 0 aliphatic heterocycles. The van der Waals surface area contributed by atoms with Gasteiger partial charge in [-0.15, -0.1) is 0 Å². The van der Waals surface area contributed by atoms with Gasteiger partial charge < -0.3 is 9.84 Å². The molecule has 0 aliphatic rings. The van der Waals surface area contributed by atoms with Crippen LogP contribution in [0.5, 0.6) is 5.75 Å². The second kappa shape index (κ2) is 5.18. The number of hydrogen-bond donors (Lipinski definition) is 1. The number of hydrogen-bond acceptors (Lipinski definition) is 2. The minimum Gasteiger partial charge on any atom is -0.493 e. The highest BCUT2D eigenvalue weighted by atomic mass is 19.4. The molecule has 0 saturated heterocycles. The highest BCUT2D eigenvalue weighted by molar-refractivity contribution is 5.32. The molecular formula is C13H17F3O2. The van der Waals surface area contributed by atoms with Crippen LogP contribution < -0.4 is 4.74 Å². The van der Waals surface area contributed by atoms with Crippen molar-refractivity contribution < 1.29 is 23.0 Å². The zero-order valence-electron chi connectivity index (χ0n) is 10.6. The molecular weight excluding hydrogens is 245 g/mol. The maximum Gasteiger partial charge on any atom is 0.421 e. The lowest BCUT2D eigenvalue weighted by molar-refractivity contribution is -0.258. The van der Waals surface area contributed by atoms with E-state index in [9.17, 15) is 18.3 Å². The molecule has 0 saturated carbocycles. The Hall–Kier alpha value is -1.23. The van der Waals surface area contributed by atoms with Crippen LogP contribution in [0, 0.1) is 5.92 Å². The molecule has 1 aromatic rings. The maximum atomic E-state index is 12.7. The minimum absolute atomic E-state index is 0.226. The third-order valence-electron chi connectivity index (χ3n) is 2.53. The van der Waals surface area contributed by atoms with Crippen molar-refractivity contribution in [3.05, 3.63) is 29.8 Å². The summed E-state index contributed by atoms with van der Waals surface area (Å²) < 4.78 is 43.4. The van der Waals surface area contributed by atoms with Crippen molar-refractivity contribution in [2.24, 2.45) is 5.92 Å². The second-order valence-electron chi connectivity index (χ2n) is 4.80. The molecule has 1 aromatic carbocycles. The Balaban J connectivity index is 2.95. The van der Waals surface area contributed by atoms with Gasteiger partial charge in [0.15, 0.2) is 5.60 Å². The third kappa shape index (κ3) is 3.38. The van der Waals surface area contributed by atoms with Crippen molar-refractivity contribution in [1.29, 1.82) is 0 Å². The minimum atomic E-state index is -4.72. The predicted octanol–water partition coefficient (Wildman–Crippen LogP) is 3.49. The molecule has 0 fully saturated rings. The molecule has 1 rings (SSSR count). The van der Waals surface area contributed by atoms with E-state index in [0.29, 0.717) is 12.4 Å². The molecule has 1 N–H and O–H groups in total. The van der Waals surface area contributed by atoms with Gasteiger partial charge in [0.1, 0.15) is 5.75 Å². The van der Waals surface area contributed by atoms with Crippen molar-refractivity contribution in [2.45, 2.75) is 32.5 Å². The first-order valence-corrected chi connectivity index (χ1v) is 5.67. The predicted molar refractivity (Wildman–Crippen MR) is 62.4 cm³/mol. The van der Waals surface area contributed by atoms with Gasteiger partial charge in [-0.25, -0.2) is 0 Å². The van der Waals surface area contributed by atoms with Gasteiger partial charge in [0.05, 0.1) is 6.61 Å². The summed E-state index contributed by atoms with van der Waals surface area (Å²) in [5.74, 6) is 0.600. The van der Waals surface area contributed by atoms with Crippen LogP contribution in [0.25, 0.3) is 0 Å². The highest BCUT2D eigenvalue weighted by Gasteiger charge is 2.51. The van der Waals surface area contributed by atoms with Crippen molar-refractivity contribution in [3.63, 3.8) is 0 Å². The highest BCUT2D eigenvalue weighted by Crippen LogP contribution is 2.39. The molecule has 0 aliphatic carbocycles. The second-order valence-corrected chi connectivity index (χ2v) is 4.80. The molecule has 0 bridgehead atoms. The molecule has 18 heavy (non-hydrogen) atoms. The van der Waals surface area contributed by atoms with Crippen LogP contribution in [0.3, 0.4) is 0 Å². The van der Waals surface area contributed by atoms with E-state index in [1.165, 1.54) is 18.2 Å². The van der Waals surface area contributed by atoms with E-state index >= 15 is 0 Å². The summed E-state index contributed by atoms with van der Waals surface area (Å²) in [7, 11) is 0. The molecule has 2 nitrogen and oxygen atoms in total. The van der Waals surface area contributed by atoms with Gasteiger partial charge in [0.2, 0.25) is 0 Å². The lowest BCUT2D eigenvalue weighted by atomic mass is 9.95. The third-order valence-corrected chi connectivity index (χ3v) is 2.53. The number of ether oxygens (including phenoxy) is 1. The van der Waals surface area contributed by atoms with Crippen LogP contribution >= 0.6 is 0 Å². The lowest BCUT2D eigenvalue weighted by Gasteiger charge is -2.27. The first kappa shape index (κ1) is 14.8. The first-order valence-electron chi connectivity index (χ1n) is 5.67. The molecule has 0 amide bonds. The summed E-state index contributed by atoms with van der Waals surface area (Å²) in [5.41, 5.74) is -3.10. The molecule has 0 aromatic heterocycles. The molecule has 0 spiro atoms. The van der Waals surface area contributed by atoms with Gasteiger partial charge in [0.25, 0.3) is 0 Å². The quantitative estimate of drug-likeness (QED) is 0.900. The summed E-state index contributed by atoms with van der Waals surface area (Å²) in [4.78, 5) is 0. The van der Waals surface area contributed by atoms with E-state index in [0.717, 1.165) is 6.92 Å². The first-order chi connectivity index (χ1) is 8.14. The van der Waals surface area contributed by atoms with E-state index in [1.54, 1.807) is 6.07 Å². The Labute approximate surface area is 104 Å².